The van der Waals surface area contributed by atoms with Crippen LogP contribution in [0.1, 0.15) is 5.56 Å². The van der Waals surface area contributed by atoms with E-state index < -0.39 is 0 Å². The third-order valence-corrected chi connectivity index (χ3v) is 1.71. The lowest BCUT2D eigenvalue weighted by molar-refractivity contribution is 0.296. The first-order chi connectivity index (χ1) is 6.24. The van der Waals surface area contributed by atoms with Gasteiger partial charge in [0, 0.05) is 12.2 Å². The van der Waals surface area contributed by atoms with Crippen LogP contribution in [-0.2, 0) is 0 Å². The van der Waals surface area contributed by atoms with Crippen molar-refractivity contribution in [1.82, 2.24) is 5.43 Å². The first-order valence-corrected chi connectivity index (χ1v) is 4.20. The van der Waals surface area contributed by atoms with Crippen molar-refractivity contribution in [2.24, 2.45) is 0 Å². The Hall–Kier alpha value is -1.26. The Labute approximate surface area is 77.7 Å². The van der Waals surface area contributed by atoms with Gasteiger partial charge in [0.25, 0.3) is 0 Å². The maximum atomic E-state index is 8.54. The van der Waals surface area contributed by atoms with Gasteiger partial charge in [-0.15, -0.1) is 0 Å². The molecule has 0 heterocycles. The minimum Gasteiger partial charge on any atom is -0.399 e. The van der Waals surface area contributed by atoms with Crippen molar-refractivity contribution in [2.45, 2.75) is 6.92 Å². The van der Waals surface area contributed by atoms with Gasteiger partial charge in [-0.3, -0.25) is 0 Å². The van der Waals surface area contributed by atoms with Crippen molar-refractivity contribution in [2.75, 3.05) is 24.3 Å². The fourth-order valence-electron chi connectivity index (χ4n) is 1.04. The Kier molecular flexibility index (Phi) is 3.54. The number of hydrogen-bond acceptors (Lipinski definition) is 4. The van der Waals surface area contributed by atoms with E-state index >= 15 is 0 Å². The fourth-order valence-corrected chi connectivity index (χ4v) is 1.04. The quantitative estimate of drug-likeness (QED) is 0.310. The van der Waals surface area contributed by atoms with Gasteiger partial charge in [-0.05, 0) is 30.7 Å². The number of nitrogens with two attached hydrogens (primary N) is 1. The van der Waals surface area contributed by atoms with Crippen LogP contribution >= 0.6 is 0 Å². The molecule has 0 aliphatic heterocycles. The predicted octanol–water partition coefficient (Wildman–Crippen LogP) is 0.486. The molecule has 0 amide bonds. The summed E-state index contributed by atoms with van der Waals surface area (Å²) in [5.74, 6) is 0. The summed E-state index contributed by atoms with van der Waals surface area (Å²) < 4.78 is 0. The van der Waals surface area contributed by atoms with Crippen LogP contribution in [0, 0.1) is 6.92 Å². The van der Waals surface area contributed by atoms with Gasteiger partial charge in [-0.2, -0.15) is 0 Å². The Bertz CT molecular complexity index is 276. The summed E-state index contributed by atoms with van der Waals surface area (Å²) in [7, 11) is 0. The Morgan fingerprint density at radius 1 is 1.46 bits per heavy atom. The summed E-state index contributed by atoms with van der Waals surface area (Å²) >= 11 is 0. The van der Waals surface area contributed by atoms with Gasteiger partial charge in [0.05, 0.1) is 12.3 Å². The molecule has 0 fully saturated rings. The lowest BCUT2D eigenvalue weighted by Crippen LogP contribution is -2.25. The van der Waals surface area contributed by atoms with Crippen molar-refractivity contribution in [3.8, 4) is 0 Å². The second kappa shape index (κ2) is 4.69. The minimum absolute atomic E-state index is 0.112. The van der Waals surface area contributed by atoms with E-state index in [1.165, 1.54) is 0 Å². The molecular weight excluding hydrogens is 166 g/mol. The van der Waals surface area contributed by atoms with Gasteiger partial charge >= 0.3 is 0 Å². The Morgan fingerprint density at radius 3 is 2.85 bits per heavy atom. The summed E-state index contributed by atoms with van der Waals surface area (Å²) in [5, 5.41) is 8.54. The van der Waals surface area contributed by atoms with Crippen molar-refractivity contribution < 1.29 is 5.11 Å². The lowest BCUT2D eigenvalue weighted by Gasteiger charge is -2.10. The first-order valence-electron chi connectivity index (χ1n) is 4.20. The average molecular weight is 181 g/mol. The topological polar surface area (TPSA) is 70.3 Å². The lowest BCUT2D eigenvalue weighted by atomic mass is 10.2. The molecule has 0 aromatic heterocycles. The van der Waals surface area contributed by atoms with Crippen molar-refractivity contribution in [1.29, 1.82) is 0 Å². The van der Waals surface area contributed by atoms with E-state index in [9.17, 15) is 0 Å². The van der Waals surface area contributed by atoms with Gasteiger partial charge in [0.2, 0.25) is 0 Å². The highest BCUT2D eigenvalue weighted by Crippen LogP contribution is 2.16. The minimum atomic E-state index is 0.112. The molecule has 0 saturated heterocycles. The zero-order valence-corrected chi connectivity index (χ0v) is 7.67. The second-order valence-corrected chi connectivity index (χ2v) is 2.85. The van der Waals surface area contributed by atoms with E-state index in [1.54, 1.807) is 0 Å². The number of nitrogens with one attached hydrogen (secondary N) is 2. The monoisotopic (exact) mass is 181 g/mol. The van der Waals surface area contributed by atoms with Crippen LogP contribution in [0.15, 0.2) is 18.2 Å². The molecule has 0 atom stereocenters. The van der Waals surface area contributed by atoms with E-state index in [-0.39, 0.29) is 6.61 Å². The van der Waals surface area contributed by atoms with Gasteiger partial charge in [-0.1, -0.05) is 0 Å². The number of aliphatic hydroxyl groups is 1. The van der Waals surface area contributed by atoms with Crippen LogP contribution in [0.5, 0.6) is 0 Å². The highest BCUT2D eigenvalue weighted by Gasteiger charge is 1.96. The zero-order valence-electron chi connectivity index (χ0n) is 7.67. The molecule has 0 radical (unpaired) electrons. The predicted molar refractivity (Wildman–Crippen MR) is 54.3 cm³/mol. The molecule has 4 heteroatoms. The molecule has 0 unspecified atom stereocenters. The molecule has 0 aliphatic carbocycles. The van der Waals surface area contributed by atoms with Crippen LogP contribution in [0.3, 0.4) is 0 Å². The largest absolute Gasteiger partial charge is 0.399 e. The van der Waals surface area contributed by atoms with Crippen LogP contribution in [0.25, 0.3) is 0 Å². The van der Waals surface area contributed by atoms with Crippen molar-refractivity contribution in [3.05, 3.63) is 23.8 Å². The van der Waals surface area contributed by atoms with Crippen LogP contribution in [0.2, 0.25) is 0 Å². The van der Waals surface area contributed by atoms with E-state index in [1.807, 2.05) is 25.1 Å². The first kappa shape index (κ1) is 9.83. The molecular formula is C9H15N3O. The molecule has 1 rings (SSSR count). The van der Waals surface area contributed by atoms with Crippen LogP contribution in [-0.4, -0.2) is 18.3 Å². The molecule has 1 aromatic carbocycles. The molecule has 13 heavy (non-hydrogen) atoms. The van der Waals surface area contributed by atoms with Gasteiger partial charge in [-0.25, -0.2) is 5.43 Å². The van der Waals surface area contributed by atoms with Crippen molar-refractivity contribution >= 4 is 11.4 Å². The molecule has 4 nitrogen and oxygen atoms in total. The normalized spacial score (nSPS) is 10.0. The highest BCUT2D eigenvalue weighted by atomic mass is 16.3. The summed E-state index contributed by atoms with van der Waals surface area (Å²) in [6.45, 7) is 2.60. The van der Waals surface area contributed by atoms with Crippen molar-refractivity contribution in [3.63, 3.8) is 0 Å². The average Bonchev–Trinajstić information content (AvgIpc) is 2.09. The second-order valence-electron chi connectivity index (χ2n) is 2.85. The Morgan fingerprint density at radius 2 is 2.23 bits per heavy atom. The smallest absolute Gasteiger partial charge is 0.0574 e. The molecule has 0 saturated carbocycles. The molecule has 5 N–H and O–H groups in total. The van der Waals surface area contributed by atoms with Gasteiger partial charge in [0.1, 0.15) is 0 Å². The van der Waals surface area contributed by atoms with E-state index in [0.717, 1.165) is 16.9 Å². The fraction of sp³-hybridized carbons (Fsp3) is 0.333. The molecule has 0 spiro atoms. The van der Waals surface area contributed by atoms with Gasteiger partial charge in [0.15, 0.2) is 0 Å². The highest BCUT2D eigenvalue weighted by molar-refractivity contribution is 5.56. The summed E-state index contributed by atoms with van der Waals surface area (Å²) in [4.78, 5) is 0. The maximum absolute atomic E-state index is 8.54. The summed E-state index contributed by atoms with van der Waals surface area (Å²) in [6, 6.07) is 5.62. The van der Waals surface area contributed by atoms with E-state index in [2.05, 4.69) is 10.9 Å². The van der Waals surface area contributed by atoms with E-state index in [4.69, 9.17) is 10.8 Å². The van der Waals surface area contributed by atoms with Crippen LogP contribution in [0.4, 0.5) is 11.4 Å². The SMILES string of the molecule is Cc1cc(N)ccc1NNCCO. The zero-order chi connectivity index (χ0) is 9.68. The molecule has 0 bridgehead atoms. The Balaban J connectivity index is 2.56. The van der Waals surface area contributed by atoms with E-state index in [0.29, 0.717) is 6.54 Å². The van der Waals surface area contributed by atoms with Crippen LogP contribution < -0.4 is 16.6 Å². The molecule has 1 aromatic rings. The molecule has 0 aliphatic rings. The third kappa shape index (κ3) is 2.93. The standard InChI is InChI=1S/C9H15N3O/c1-7-6-8(10)2-3-9(7)12-11-4-5-13/h2-3,6,11-13H,4-5,10H2,1H3. The number of hydrazine groups is 1. The number of nitrogen functional groups attached to an aromatic ring is 1. The maximum Gasteiger partial charge on any atom is 0.0574 e. The number of benzene rings is 1. The number of rotatable bonds is 4. The number of aliphatic hydroxyl groups excluding tert-OH is 1. The molecule has 72 valence electrons. The van der Waals surface area contributed by atoms with Gasteiger partial charge < -0.3 is 16.3 Å². The summed E-state index contributed by atoms with van der Waals surface area (Å²) in [6.07, 6.45) is 0. The third-order valence-electron chi connectivity index (χ3n) is 1.71. The number of hydrogen-bond donors (Lipinski definition) is 4. The number of anilines is 2. The number of aryl methyl sites for hydroxylation is 1. The summed E-state index contributed by atoms with van der Waals surface area (Å²) in [5.41, 5.74) is 14.2.